The quantitative estimate of drug-likeness (QED) is 0.586. The average molecular weight is 346 g/mol. The van der Waals surface area contributed by atoms with Crippen molar-refractivity contribution >= 4 is 23.9 Å². The zero-order valence-corrected chi connectivity index (χ0v) is 13.5. The predicted molar refractivity (Wildman–Crippen MR) is 85.8 cm³/mol. The van der Waals surface area contributed by atoms with Gasteiger partial charge in [0.05, 0.1) is 0 Å². The molecule has 0 saturated carbocycles. The van der Waals surface area contributed by atoms with Gasteiger partial charge >= 0.3 is 12.1 Å². The van der Waals surface area contributed by atoms with E-state index in [9.17, 15) is 19.2 Å². The molecule has 1 saturated heterocycles. The van der Waals surface area contributed by atoms with E-state index in [1.165, 1.54) is 6.08 Å². The Morgan fingerprint density at radius 1 is 1.20 bits per heavy atom. The molecule has 1 N–H and O–H groups in total. The molecule has 1 aromatic rings. The van der Waals surface area contributed by atoms with E-state index in [4.69, 9.17) is 9.57 Å². The highest BCUT2D eigenvalue weighted by atomic mass is 16.7. The first kappa shape index (κ1) is 18.2. The van der Waals surface area contributed by atoms with Gasteiger partial charge in [-0.1, -0.05) is 43.0 Å². The molecule has 0 unspecified atom stereocenters. The van der Waals surface area contributed by atoms with Crippen LogP contribution in [0.15, 0.2) is 43.0 Å². The van der Waals surface area contributed by atoms with Crippen LogP contribution in [-0.2, 0) is 30.4 Å². The third-order valence-corrected chi connectivity index (χ3v) is 3.38. The van der Waals surface area contributed by atoms with Crippen LogP contribution in [0.4, 0.5) is 4.79 Å². The molecule has 1 fully saturated rings. The lowest BCUT2D eigenvalue weighted by Gasteiger charge is -2.20. The summed E-state index contributed by atoms with van der Waals surface area (Å²) in [6.07, 6.45) is 0.635. The first-order valence-corrected chi connectivity index (χ1v) is 7.67. The number of imide groups is 1. The third-order valence-electron chi connectivity index (χ3n) is 3.38. The van der Waals surface area contributed by atoms with Crippen LogP contribution >= 0.6 is 0 Å². The van der Waals surface area contributed by atoms with Gasteiger partial charge in [-0.05, 0) is 5.56 Å². The van der Waals surface area contributed by atoms with E-state index in [1.54, 1.807) is 24.3 Å². The Morgan fingerprint density at radius 3 is 2.44 bits per heavy atom. The Balaban J connectivity index is 2.07. The molecule has 1 heterocycles. The Labute approximate surface area is 144 Å². The van der Waals surface area contributed by atoms with Gasteiger partial charge in [0.1, 0.15) is 12.6 Å². The summed E-state index contributed by atoms with van der Waals surface area (Å²) in [6.45, 7) is 3.40. The minimum Gasteiger partial charge on any atom is -0.445 e. The number of nitrogens with zero attached hydrogens (tertiary/aromatic N) is 1. The first-order valence-electron chi connectivity index (χ1n) is 7.67. The van der Waals surface area contributed by atoms with Crippen LogP contribution < -0.4 is 5.32 Å². The fourth-order valence-electron chi connectivity index (χ4n) is 2.17. The lowest BCUT2D eigenvalue weighted by atomic mass is 10.1. The van der Waals surface area contributed by atoms with Gasteiger partial charge in [0.25, 0.3) is 11.8 Å². The number of carbonyl (C=O) groups is 4. The van der Waals surface area contributed by atoms with E-state index >= 15 is 0 Å². The van der Waals surface area contributed by atoms with Crippen LogP contribution in [-0.4, -0.2) is 41.6 Å². The molecule has 1 aromatic carbocycles. The molecule has 3 amide bonds. The maximum absolute atomic E-state index is 12.3. The van der Waals surface area contributed by atoms with E-state index in [0.29, 0.717) is 5.06 Å². The lowest BCUT2D eigenvalue weighted by Crippen LogP contribution is -2.46. The van der Waals surface area contributed by atoms with Crippen LogP contribution in [0.25, 0.3) is 0 Å². The number of hydroxylamine groups is 2. The smallest absolute Gasteiger partial charge is 0.408 e. The van der Waals surface area contributed by atoms with Crippen molar-refractivity contribution < 1.29 is 28.8 Å². The number of benzene rings is 1. The number of ether oxygens (including phenoxy) is 1. The van der Waals surface area contributed by atoms with Crippen LogP contribution in [0.1, 0.15) is 18.4 Å². The summed E-state index contributed by atoms with van der Waals surface area (Å²) < 4.78 is 4.80. The Bertz CT molecular complexity index is 657. The molecule has 8 nitrogen and oxygen atoms in total. The molecular formula is C17H18N2O6. The SMILES string of the molecule is C=CCOC(=O)N[C@H](Cc1ccccc1)C(=O)ON1C(=O)CCC1=O. The van der Waals surface area contributed by atoms with Crippen molar-refractivity contribution in [3.05, 3.63) is 48.6 Å². The summed E-state index contributed by atoms with van der Waals surface area (Å²) in [5, 5.41) is 2.81. The minimum absolute atomic E-state index is 0.00965. The molecule has 0 bridgehead atoms. The Morgan fingerprint density at radius 2 is 1.84 bits per heavy atom. The number of hydrogen-bond acceptors (Lipinski definition) is 6. The van der Waals surface area contributed by atoms with E-state index in [-0.39, 0.29) is 25.9 Å². The molecule has 0 spiro atoms. The second kappa shape index (κ2) is 8.62. The van der Waals surface area contributed by atoms with Gasteiger partial charge in [-0.3, -0.25) is 9.59 Å². The fraction of sp³-hybridized carbons (Fsp3) is 0.294. The van der Waals surface area contributed by atoms with Crippen molar-refractivity contribution in [1.82, 2.24) is 10.4 Å². The third kappa shape index (κ3) is 5.17. The molecular weight excluding hydrogens is 328 g/mol. The van der Waals surface area contributed by atoms with Crippen molar-refractivity contribution in [1.29, 1.82) is 0 Å². The standard InChI is InChI=1S/C17H18N2O6/c1-2-10-24-17(23)18-13(11-12-6-4-3-5-7-12)16(22)25-19-14(20)8-9-15(19)21/h2-7,13H,1,8-11H2,(H,18,23)/t13-/m1/s1. The minimum atomic E-state index is -1.12. The van der Waals surface area contributed by atoms with Crippen LogP contribution in [0.2, 0.25) is 0 Å². The zero-order chi connectivity index (χ0) is 18.2. The average Bonchev–Trinajstić information content (AvgIpc) is 2.92. The lowest BCUT2D eigenvalue weighted by molar-refractivity contribution is -0.198. The Kier molecular flexibility index (Phi) is 6.27. The van der Waals surface area contributed by atoms with Gasteiger partial charge in [0, 0.05) is 19.3 Å². The maximum Gasteiger partial charge on any atom is 0.408 e. The molecule has 25 heavy (non-hydrogen) atoms. The summed E-state index contributed by atoms with van der Waals surface area (Å²) in [5.41, 5.74) is 0.757. The highest BCUT2D eigenvalue weighted by Crippen LogP contribution is 2.14. The van der Waals surface area contributed by atoms with Gasteiger partial charge in [-0.15, -0.1) is 5.06 Å². The summed E-state index contributed by atoms with van der Waals surface area (Å²) in [7, 11) is 0. The molecule has 0 aromatic heterocycles. The van der Waals surface area contributed by atoms with Gasteiger partial charge < -0.3 is 14.9 Å². The summed E-state index contributed by atoms with van der Waals surface area (Å²) in [5.74, 6) is -2.11. The summed E-state index contributed by atoms with van der Waals surface area (Å²) in [4.78, 5) is 52.1. The molecule has 1 atom stereocenters. The normalized spacial score (nSPS) is 14.8. The van der Waals surface area contributed by atoms with Crippen molar-refractivity contribution in [2.75, 3.05) is 6.61 Å². The van der Waals surface area contributed by atoms with E-state index in [2.05, 4.69) is 11.9 Å². The second-order valence-corrected chi connectivity index (χ2v) is 5.27. The van der Waals surface area contributed by atoms with Gasteiger partial charge in [-0.25, -0.2) is 9.59 Å². The predicted octanol–water partition coefficient (Wildman–Crippen LogP) is 1.12. The Hall–Kier alpha value is -3.16. The van der Waals surface area contributed by atoms with Crippen LogP contribution in [0.3, 0.4) is 0 Å². The van der Waals surface area contributed by atoms with E-state index < -0.39 is 29.9 Å². The molecule has 132 valence electrons. The van der Waals surface area contributed by atoms with Gasteiger partial charge in [-0.2, -0.15) is 0 Å². The monoisotopic (exact) mass is 346 g/mol. The number of hydrogen-bond donors (Lipinski definition) is 1. The van der Waals surface area contributed by atoms with E-state index in [0.717, 1.165) is 5.56 Å². The largest absolute Gasteiger partial charge is 0.445 e. The zero-order valence-electron chi connectivity index (χ0n) is 13.5. The first-order chi connectivity index (χ1) is 12.0. The number of carbonyl (C=O) groups excluding carboxylic acids is 4. The maximum atomic E-state index is 12.3. The van der Waals surface area contributed by atoms with Crippen LogP contribution in [0, 0.1) is 0 Å². The number of alkyl carbamates (subject to hydrolysis) is 1. The van der Waals surface area contributed by atoms with Gasteiger partial charge in [0.2, 0.25) is 0 Å². The highest BCUT2D eigenvalue weighted by Gasteiger charge is 2.35. The summed E-state index contributed by atoms with van der Waals surface area (Å²) in [6, 6.07) is 7.78. The topological polar surface area (TPSA) is 102 Å². The van der Waals surface area contributed by atoms with Crippen molar-refractivity contribution in [2.24, 2.45) is 0 Å². The molecule has 1 aliphatic heterocycles. The number of rotatable bonds is 7. The molecule has 2 rings (SSSR count). The number of amides is 3. The summed E-state index contributed by atoms with van der Waals surface area (Å²) >= 11 is 0. The second-order valence-electron chi connectivity index (χ2n) is 5.27. The van der Waals surface area contributed by atoms with Gasteiger partial charge in [0.15, 0.2) is 0 Å². The fourth-order valence-corrected chi connectivity index (χ4v) is 2.17. The number of nitrogens with one attached hydrogen (secondary N) is 1. The molecule has 1 aliphatic rings. The molecule has 0 radical (unpaired) electrons. The van der Waals surface area contributed by atoms with Crippen LogP contribution in [0.5, 0.6) is 0 Å². The van der Waals surface area contributed by atoms with Crippen molar-refractivity contribution in [3.63, 3.8) is 0 Å². The van der Waals surface area contributed by atoms with E-state index in [1.807, 2.05) is 6.07 Å². The molecule has 8 heteroatoms. The highest BCUT2D eigenvalue weighted by molar-refractivity contribution is 6.01. The van der Waals surface area contributed by atoms with Crippen molar-refractivity contribution in [2.45, 2.75) is 25.3 Å². The van der Waals surface area contributed by atoms with Crippen molar-refractivity contribution in [3.8, 4) is 0 Å². The molecule has 0 aliphatic carbocycles.